The number of hydrogen-bond acceptors (Lipinski definition) is 3. The molecule has 0 aliphatic carbocycles. The number of nitrogens with two attached hydrogens (primary N) is 1. The van der Waals surface area contributed by atoms with Crippen molar-refractivity contribution < 1.29 is 5.11 Å². The third-order valence-corrected chi connectivity index (χ3v) is 3.39. The van der Waals surface area contributed by atoms with Crippen LogP contribution in [0.2, 0.25) is 0 Å². The van der Waals surface area contributed by atoms with Crippen molar-refractivity contribution in [3.05, 3.63) is 35.4 Å². The Kier molecular flexibility index (Phi) is 3.93. The quantitative estimate of drug-likeness (QED) is 0.717. The summed E-state index contributed by atoms with van der Waals surface area (Å²) < 4.78 is 0. The lowest BCUT2D eigenvalue weighted by Crippen LogP contribution is -2.30. The molecular formula is C13H20N2O. The van der Waals surface area contributed by atoms with Gasteiger partial charge in [0, 0.05) is 6.54 Å². The van der Waals surface area contributed by atoms with Gasteiger partial charge in [-0.05, 0) is 43.0 Å². The van der Waals surface area contributed by atoms with Crippen molar-refractivity contribution in [3.63, 3.8) is 0 Å². The van der Waals surface area contributed by atoms with Gasteiger partial charge >= 0.3 is 0 Å². The number of aliphatic hydroxyl groups is 1. The van der Waals surface area contributed by atoms with Gasteiger partial charge in [0.15, 0.2) is 0 Å². The second-order valence-corrected chi connectivity index (χ2v) is 4.48. The second-order valence-electron chi connectivity index (χ2n) is 4.48. The summed E-state index contributed by atoms with van der Waals surface area (Å²) in [6.45, 7) is 2.59. The maximum absolute atomic E-state index is 10.2. The fraction of sp³-hybridized carbons (Fsp3) is 0.538. The normalized spacial score (nSPS) is 19.6. The highest BCUT2D eigenvalue weighted by Crippen LogP contribution is 2.28. The molecule has 4 N–H and O–H groups in total. The number of aliphatic hydroxyl groups excluding tert-OH is 1. The Labute approximate surface area is 96.7 Å². The number of piperidine rings is 1. The van der Waals surface area contributed by atoms with Crippen molar-refractivity contribution in [1.82, 2.24) is 5.32 Å². The van der Waals surface area contributed by atoms with Gasteiger partial charge < -0.3 is 16.2 Å². The first kappa shape index (κ1) is 11.6. The highest BCUT2D eigenvalue weighted by Gasteiger charge is 2.22. The monoisotopic (exact) mass is 220 g/mol. The van der Waals surface area contributed by atoms with Crippen LogP contribution in [0.1, 0.15) is 30.1 Å². The van der Waals surface area contributed by atoms with E-state index in [0.717, 1.165) is 37.1 Å². The van der Waals surface area contributed by atoms with E-state index in [0.29, 0.717) is 12.5 Å². The van der Waals surface area contributed by atoms with E-state index < -0.39 is 0 Å². The molecule has 0 spiro atoms. The lowest BCUT2D eigenvalue weighted by molar-refractivity contribution is 0.0889. The maximum atomic E-state index is 10.2. The lowest BCUT2D eigenvalue weighted by atomic mass is 9.88. The molecule has 0 amide bonds. The van der Waals surface area contributed by atoms with Crippen molar-refractivity contribution in [3.8, 4) is 0 Å². The number of hydrogen-bond donors (Lipinski definition) is 3. The number of nitrogens with one attached hydrogen (secondary N) is 1. The van der Waals surface area contributed by atoms with E-state index in [9.17, 15) is 5.11 Å². The fourth-order valence-corrected chi connectivity index (χ4v) is 2.28. The minimum absolute atomic E-state index is 0.325. The topological polar surface area (TPSA) is 58.3 Å². The van der Waals surface area contributed by atoms with E-state index in [4.69, 9.17) is 5.73 Å². The minimum Gasteiger partial charge on any atom is -0.388 e. The zero-order valence-corrected chi connectivity index (χ0v) is 9.52. The summed E-state index contributed by atoms with van der Waals surface area (Å²) in [6, 6.07) is 7.99. The third-order valence-electron chi connectivity index (χ3n) is 3.39. The molecule has 0 radical (unpaired) electrons. The Morgan fingerprint density at radius 2 is 1.88 bits per heavy atom. The molecule has 3 heteroatoms. The van der Waals surface area contributed by atoms with Crippen LogP contribution in [0.15, 0.2) is 24.3 Å². The van der Waals surface area contributed by atoms with Crippen molar-refractivity contribution in [1.29, 1.82) is 0 Å². The second kappa shape index (κ2) is 5.43. The summed E-state index contributed by atoms with van der Waals surface area (Å²) in [5.74, 6) is 0.393. The predicted molar refractivity (Wildman–Crippen MR) is 64.9 cm³/mol. The Hall–Kier alpha value is -0.900. The van der Waals surface area contributed by atoms with Crippen LogP contribution >= 0.6 is 0 Å². The van der Waals surface area contributed by atoms with Gasteiger partial charge in [0.1, 0.15) is 0 Å². The van der Waals surface area contributed by atoms with Crippen LogP contribution in [0.3, 0.4) is 0 Å². The largest absolute Gasteiger partial charge is 0.388 e. The highest BCUT2D eigenvalue weighted by molar-refractivity contribution is 5.24. The smallest absolute Gasteiger partial charge is 0.0819 e. The van der Waals surface area contributed by atoms with Crippen molar-refractivity contribution in [2.45, 2.75) is 25.5 Å². The summed E-state index contributed by atoms with van der Waals surface area (Å²) in [5, 5.41) is 13.6. The van der Waals surface area contributed by atoms with Crippen LogP contribution in [0.5, 0.6) is 0 Å². The van der Waals surface area contributed by atoms with Gasteiger partial charge in [0.2, 0.25) is 0 Å². The molecule has 1 aliphatic heterocycles. The molecule has 3 nitrogen and oxygen atoms in total. The molecule has 1 aromatic rings. The molecule has 1 heterocycles. The molecule has 1 aliphatic rings. The Morgan fingerprint density at radius 1 is 1.25 bits per heavy atom. The van der Waals surface area contributed by atoms with Gasteiger partial charge in [-0.2, -0.15) is 0 Å². The van der Waals surface area contributed by atoms with Crippen molar-refractivity contribution in [2.75, 3.05) is 13.1 Å². The molecule has 88 valence electrons. The van der Waals surface area contributed by atoms with Gasteiger partial charge in [0.25, 0.3) is 0 Å². The van der Waals surface area contributed by atoms with E-state index in [1.165, 1.54) is 0 Å². The predicted octanol–water partition coefficient (Wildman–Crippen LogP) is 1.18. The Morgan fingerprint density at radius 3 is 2.44 bits per heavy atom. The van der Waals surface area contributed by atoms with Gasteiger partial charge in [-0.15, -0.1) is 0 Å². The molecule has 2 rings (SSSR count). The van der Waals surface area contributed by atoms with Crippen LogP contribution in [-0.4, -0.2) is 18.2 Å². The van der Waals surface area contributed by atoms with Crippen LogP contribution in [0, 0.1) is 5.92 Å². The molecule has 1 saturated heterocycles. The number of rotatable bonds is 3. The Bertz CT molecular complexity index is 317. The van der Waals surface area contributed by atoms with E-state index in [1.807, 2.05) is 24.3 Å². The van der Waals surface area contributed by atoms with E-state index in [1.54, 1.807) is 0 Å². The average Bonchev–Trinajstić information content (AvgIpc) is 2.39. The zero-order valence-electron chi connectivity index (χ0n) is 9.52. The molecule has 16 heavy (non-hydrogen) atoms. The van der Waals surface area contributed by atoms with Crippen LogP contribution in [-0.2, 0) is 6.54 Å². The summed E-state index contributed by atoms with van der Waals surface area (Å²) in [5.41, 5.74) is 7.68. The molecule has 1 atom stereocenters. The molecule has 0 bridgehead atoms. The fourth-order valence-electron chi connectivity index (χ4n) is 2.28. The first-order valence-electron chi connectivity index (χ1n) is 5.99. The van der Waals surface area contributed by atoms with Gasteiger partial charge in [-0.3, -0.25) is 0 Å². The van der Waals surface area contributed by atoms with Crippen LogP contribution in [0.25, 0.3) is 0 Å². The van der Waals surface area contributed by atoms with Crippen LogP contribution in [0.4, 0.5) is 0 Å². The minimum atomic E-state index is -0.325. The zero-order chi connectivity index (χ0) is 11.4. The first-order chi connectivity index (χ1) is 7.81. The summed E-state index contributed by atoms with van der Waals surface area (Å²) in [4.78, 5) is 0. The standard InChI is InChI=1S/C13H20N2O/c14-9-10-1-3-11(4-2-10)13(16)12-5-7-15-8-6-12/h1-4,12-13,15-16H,5-9,14H2. The average molecular weight is 220 g/mol. The molecule has 1 fully saturated rings. The summed E-state index contributed by atoms with van der Waals surface area (Å²) in [7, 11) is 0. The van der Waals surface area contributed by atoms with E-state index in [-0.39, 0.29) is 6.10 Å². The van der Waals surface area contributed by atoms with Gasteiger partial charge in [0.05, 0.1) is 6.10 Å². The van der Waals surface area contributed by atoms with Gasteiger partial charge in [-0.1, -0.05) is 24.3 Å². The van der Waals surface area contributed by atoms with Crippen LogP contribution < -0.4 is 11.1 Å². The summed E-state index contributed by atoms with van der Waals surface area (Å²) in [6.07, 6.45) is 1.79. The third kappa shape index (κ3) is 2.61. The van der Waals surface area contributed by atoms with Gasteiger partial charge in [-0.25, -0.2) is 0 Å². The molecule has 1 unspecified atom stereocenters. The lowest BCUT2D eigenvalue weighted by Gasteiger charge is -2.27. The Balaban J connectivity index is 2.04. The molecule has 0 saturated carbocycles. The summed E-state index contributed by atoms with van der Waals surface area (Å²) >= 11 is 0. The maximum Gasteiger partial charge on any atom is 0.0819 e. The van der Waals surface area contributed by atoms with E-state index in [2.05, 4.69) is 5.32 Å². The van der Waals surface area contributed by atoms with Crippen molar-refractivity contribution >= 4 is 0 Å². The SMILES string of the molecule is NCc1ccc(C(O)C2CCNCC2)cc1. The highest BCUT2D eigenvalue weighted by atomic mass is 16.3. The van der Waals surface area contributed by atoms with Crippen molar-refractivity contribution in [2.24, 2.45) is 11.7 Å². The molecule has 1 aromatic carbocycles. The molecule has 0 aromatic heterocycles. The van der Waals surface area contributed by atoms with E-state index >= 15 is 0 Å². The number of benzene rings is 1. The first-order valence-corrected chi connectivity index (χ1v) is 5.99. The molecular weight excluding hydrogens is 200 g/mol.